The standard InChI is InChI=1S/C9H9F2NO5S2/c1-12(4-6(13)14)8(15)7-5(2-3-18-7)19(16,17)9(10)11/h2-3,9H,4H2,1H3,(H,13,14). The quantitative estimate of drug-likeness (QED) is 0.872. The van der Waals surface area contributed by atoms with Gasteiger partial charge >= 0.3 is 11.7 Å². The minimum atomic E-state index is -4.89. The average molecular weight is 313 g/mol. The Bertz CT molecular complexity index is 596. The highest BCUT2D eigenvalue weighted by Gasteiger charge is 2.33. The largest absolute Gasteiger partial charge is 0.480 e. The number of sulfone groups is 1. The molecular formula is C9H9F2NO5S2. The Morgan fingerprint density at radius 3 is 2.53 bits per heavy atom. The van der Waals surface area contributed by atoms with E-state index in [0.717, 1.165) is 18.0 Å². The molecule has 1 amide bonds. The molecule has 0 aliphatic heterocycles. The number of hydrogen-bond acceptors (Lipinski definition) is 5. The van der Waals surface area contributed by atoms with Crippen LogP contribution in [-0.4, -0.2) is 49.7 Å². The van der Waals surface area contributed by atoms with E-state index < -0.39 is 43.8 Å². The van der Waals surface area contributed by atoms with E-state index in [1.807, 2.05) is 0 Å². The second-order valence-electron chi connectivity index (χ2n) is 3.47. The summed E-state index contributed by atoms with van der Waals surface area (Å²) in [4.78, 5) is 21.8. The van der Waals surface area contributed by atoms with Crippen LogP contribution in [0.3, 0.4) is 0 Å². The second-order valence-corrected chi connectivity index (χ2v) is 6.28. The Morgan fingerprint density at radius 1 is 1.47 bits per heavy atom. The van der Waals surface area contributed by atoms with Gasteiger partial charge in [-0.15, -0.1) is 11.3 Å². The number of aliphatic carboxylic acids is 1. The molecule has 10 heteroatoms. The monoisotopic (exact) mass is 313 g/mol. The lowest BCUT2D eigenvalue weighted by molar-refractivity contribution is -0.137. The van der Waals surface area contributed by atoms with Crippen molar-refractivity contribution in [2.24, 2.45) is 0 Å². The van der Waals surface area contributed by atoms with Gasteiger partial charge in [0.15, 0.2) is 0 Å². The highest BCUT2D eigenvalue weighted by molar-refractivity contribution is 7.92. The van der Waals surface area contributed by atoms with E-state index in [4.69, 9.17) is 5.11 Å². The summed E-state index contributed by atoms with van der Waals surface area (Å²) in [6.07, 6.45) is 0. The fourth-order valence-electron chi connectivity index (χ4n) is 1.22. The summed E-state index contributed by atoms with van der Waals surface area (Å²) in [7, 11) is -3.76. The van der Waals surface area contributed by atoms with E-state index in [0.29, 0.717) is 11.3 Å². The molecular weight excluding hydrogens is 304 g/mol. The molecule has 1 aromatic rings. The van der Waals surface area contributed by atoms with E-state index in [9.17, 15) is 26.8 Å². The van der Waals surface area contributed by atoms with Crippen molar-refractivity contribution >= 4 is 33.1 Å². The van der Waals surface area contributed by atoms with Crippen LogP contribution < -0.4 is 0 Å². The zero-order valence-electron chi connectivity index (χ0n) is 9.54. The summed E-state index contributed by atoms with van der Waals surface area (Å²) >= 11 is 0.661. The third kappa shape index (κ3) is 3.26. The lowest BCUT2D eigenvalue weighted by atomic mass is 10.4. The summed E-state index contributed by atoms with van der Waals surface area (Å²) in [6, 6.07) is 0.897. The number of nitrogens with zero attached hydrogens (tertiary/aromatic N) is 1. The van der Waals surface area contributed by atoms with E-state index in [1.165, 1.54) is 5.38 Å². The molecule has 1 rings (SSSR count). The summed E-state index contributed by atoms with van der Waals surface area (Å²) < 4.78 is 47.5. The average Bonchev–Trinajstić information content (AvgIpc) is 2.75. The number of likely N-dealkylation sites (N-methyl/N-ethyl adjacent to an activating group) is 1. The van der Waals surface area contributed by atoms with Crippen LogP contribution in [0.1, 0.15) is 9.67 Å². The maximum atomic E-state index is 12.4. The number of halogens is 2. The first-order valence-electron chi connectivity index (χ1n) is 4.74. The molecule has 0 fully saturated rings. The Balaban J connectivity index is 3.15. The Labute approximate surface area is 111 Å². The lowest BCUT2D eigenvalue weighted by Gasteiger charge is -2.14. The first-order chi connectivity index (χ1) is 8.67. The molecule has 0 radical (unpaired) electrons. The van der Waals surface area contributed by atoms with E-state index in [-0.39, 0.29) is 0 Å². The van der Waals surface area contributed by atoms with Gasteiger partial charge in [-0.05, 0) is 11.4 Å². The van der Waals surface area contributed by atoms with Gasteiger partial charge in [-0.1, -0.05) is 0 Å². The third-order valence-corrected chi connectivity index (χ3v) is 4.54. The molecule has 0 aliphatic rings. The molecule has 106 valence electrons. The van der Waals surface area contributed by atoms with Crippen molar-refractivity contribution in [3.63, 3.8) is 0 Å². The number of alkyl halides is 2. The minimum Gasteiger partial charge on any atom is -0.480 e. The van der Waals surface area contributed by atoms with Gasteiger partial charge in [-0.25, -0.2) is 8.42 Å². The molecule has 19 heavy (non-hydrogen) atoms. The van der Waals surface area contributed by atoms with Gasteiger partial charge in [0.1, 0.15) is 11.4 Å². The third-order valence-electron chi connectivity index (χ3n) is 2.08. The molecule has 6 nitrogen and oxygen atoms in total. The molecule has 1 heterocycles. The van der Waals surface area contributed by atoms with Crippen molar-refractivity contribution in [2.45, 2.75) is 10.7 Å². The van der Waals surface area contributed by atoms with Crippen LogP contribution in [-0.2, 0) is 14.6 Å². The lowest BCUT2D eigenvalue weighted by Crippen LogP contribution is -2.32. The van der Waals surface area contributed by atoms with Crippen LogP contribution in [0.15, 0.2) is 16.3 Å². The van der Waals surface area contributed by atoms with Crippen molar-refractivity contribution in [1.82, 2.24) is 4.90 Å². The summed E-state index contributed by atoms with van der Waals surface area (Å²) in [5.74, 6) is -5.87. The fourth-order valence-corrected chi connectivity index (χ4v) is 3.38. The predicted octanol–water partition coefficient (Wildman–Crippen LogP) is 0.901. The van der Waals surface area contributed by atoms with Crippen LogP contribution in [0.25, 0.3) is 0 Å². The number of amides is 1. The van der Waals surface area contributed by atoms with Crippen molar-refractivity contribution in [3.05, 3.63) is 16.3 Å². The highest BCUT2D eigenvalue weighted by atomic mass is 32.2. The predicted molar refractivity (Wildman–Crippen MR) is 62.1 cm³/mol. The molecule has 0 aliphatic carbocycles. The molecule has 0 saturated carbocycles. The van der Waals surface area contributed by atoms with Gasteiger partial charge < -0.3 is 10.0 Å². The number of thiophene rings is 1. The number of hydrogen-bond donors (Lipinski definition) is 1. The summed E-state index contributed by atoms with van der Waals surface area (Å²) in [6.45, 7) is -0.662. The molecule has 0 saturated heterocycles. The topological polar surface area (TPSA) is 91.8 Å². The Hall–Kier alpha value is -1.55. The maximum absolute atomic E-state index is 12.4. The zero-order valence-corrected chi connectivity index (χ0v) is 11.2. The van der Waals surface area contributed by atoms with Gasteiger partial charge in [0.25, 0.3) is 5.91 Å². The Kier molecular flexibility index (Phi) is 4.58. The maximum Gasteiger partial charge on any atom is 0.341 e. The van der Waals surface area contributed by atoms with Gasteiger partial charge in [-0.2, -0.15) is 8.78 Å². The molecule has 0 atom stereocenters. The molecule has 1 N–H and O–H groups in total. The van der Waals surface area contributed by atoms with Crippen molar-refractivity contribution in [3.8, 4) is 0 Å². The Morgan fingerprint density at radius 2 is 2.05 bits per heavy atom. The molecule has 0 bridgehead atoms. The van der Waals surface area contributed by atoms with Crippen LogP contribution in [0.5, 0.6) is 0 Å². The zero-order chi connectivity index (χ0) is 14.8. The van der Waals surface area contributed by atoms with Crippen molar-refractivity contribution < 1.29 is 31.9 Å². The molecule has 0 spiro atoms. The SMILES string of the molecule is CN(CC(=O)O)C(=O)c1sccc1S(=O)(=O)C(F)F. The number of carboxylic acid groups (broad SMARTS) is 1. The molecule has 0 unspecified atom stereocenters. The van der Waals surface area contributed by atoms with Crippen molar-refractivity contribution in [1.29, 1.82) is 0 Å². The van der Waals surface area contributed by atoms with Crippen molar-refractivity contribution in [2.75, 3.05) is 13.6 Å². The second kappa shape index (κ2) is 5.61. The van der Waals surface area contributed by atoms with Gasteiger partial charge in [-0.3, -0.25) is 9.59 Å². The number of carbonyl (C=O) groups excluding carboxylic acids is 1. The first kappa shape index (κ1) is 15.5. The normalized spacial score (nSPS) is 11.6. The number of carbonyl (C=O) groups is 2. The first-order valence-corrected chi connectivity index (χ1v) is 7.17. The smallest absolute Gasteiger partial charge is 0.341 e. The summed E-state index contributed by atoms with van der Waals surface area (Å²) in [5.41, 5.74) is 0. The van der Waals surface area contributed by atoms with E-state index >= 15 is 0 Å². The number of rotatable bonds is 5. The molecule has 0 aromatic carbocycles. The van der Waals surface area contributed by atoms with E-state index in [1.54, 1.807) is 0 Å². The number of carboxylic acids is 1. The fraction of sp³-hybridized carbons (Fsp3) is 0.333. The minimum absolute atomic E-state index is 0.427. The van der Waals surface area contributed by atoms with E-state index in [2.05, 4.69) is 0 Å². The molecule has 1 aromatic heterocycles. The van der Waals surface area contributed by atoms with Crippen LogP contribution >= 0.6 is 11.3 Å². The van der Waals surface area contributed by atoms with Crippen LogP contribution in [0.4, 0.5) is 8.78 Å². The van der Waals surface area contributed by atoms with Crippen LogP contribution in [0.2, 0.25) is 0 Å². The summed E-state index contributed by atoms with van der Waals surface area (Å²) in [5, 5.41) is 9.70. The van der Waals surface area contributed by atoms with Gasteiger partial charge in [0.2, 0.25) is 9.84 Å². The van der Waals surface area contributed by atoms with Gasteiger partial charge in [0, 0.05) is 7.05 Å². The van der Waals surface area contributed by atoms with Gasteiger partial charge in [0.05, 0.1) is 4.90 Å². The van der Waals surface area contributed by atoms with Crippen LogP contribution in [0, 0.1) is 0 Å². The highest BCUT2D eigenvalue weighted by Crippen LogP contribution is 2.27.